The van der Waals surface area contributed by atoms with E-state index in [0.29, 0.717) is 0 Å². The summed E-state index contributed by atoms with van der Waals surface area (Å²) < 4.78 is 29.6. The van der Waals surface area contributed by atoms with Crippen LogP contribution in [0.5, 0.6) is 0 Å². The Bertz CT molecular complexity index is 362. The molecule has 0 aromatic carbocycles. The smallest absolute Gasteiger partial charge is 0.282 e. The van der Waals surface area contributed by atoms with Crippen LogP contribution in [0.1, 0.15) is 6.92 Å². The molecule has 13 heavy (non-hydrogen) atoms. The van der Waals surface area contributed by atoms with Gasteiger partial charge in [-0.2, -0.15) is 8.42 Å². The van der Waals surface area contributed by atoms with Gasteiger partial charge in [0.15, 0.2) is 0 Å². The first kappa shape index (κ1) is 12.4. The summed E-state index contributed by atoms with van der Waals surface area (Å²) in [6.07, 6.45) is 1.23. The molecule has 0 aromatic rings. The normalized spacial score (nSPS) is 13.5. The number of allylic oxidation sites excluding steroid dienone is 2. The van der Waals surface area contributed by atoms with Crippen LogP contribution in [0.4, 0.5) is 0 Å². The zero-order valence-corrected chi connectivity index (χ0v) is 10.1. The van der Waals surface area contributed by atoms with E-state index in [1.807, 2.05) is 0 Å². The van der Waals surface area contributed by atoms with Crippen molar-refractivity contribution in [3.05, 3.63) is 11.0 Å². The van der Waals surface area contributed by atoms with Gasteiger partial charge in [-0.3, -0.25) is 4.55 Å². The average Bonchev–Trinajstić information content (AvgIpc) is 1.82. The highest BCUT2D eigenvalue weighted by Gasteiger charge is 2.08. The molecule has 0 aliphatic rings. The van der Waals surface area contributed by atoms with Crippen molar-refractivity contribution in [3.63, 3.8) is 0 Å². The highest BCUT2D eigenvalue weighted by Crippen LogP contribution is 2.01. The first-order valence-electron chi connectivity index (χ1n) is 3.80. The van der Waals surface area contributed by atoms with Gasteiger partial charge < -0.3 is 0 Å². The Morgan fingerprint density at radius 2 is 1.85 bits per heavy atom. The predicted octanol–water partition coefficient (Wildman–Crippen LogP) is 1.66. The van der Waals surface area contributed by atoms with E-state index in [4.69, 9.17) is 4.55 Å². The molecule has 0 radical (unpaired) electrons. The monoisotopic (exact) mass is 218 g/mol. The van der Waals surface area contributed by atoms with Gasteiger partial charge in [0.05, 0.1) is 4.91 Å². The molecule has 5 heteroatoms. The third-order valence-corrected chi connectivity index (χ3v) is 2.96. The minimum atomic E-state index is -4.05. The van der Waals surface area contributed by atoms with Crippen LogP contribution < -0.4 is 0 Å². The molecular formula is C8H14O3SSi. The number of rotatable bonds is 1. The number of hydrogen-bond donors (Lipinski definition) is 1. The standard InChI is InChI=1S/C8H14O3SSi/c1-8(12(9,10)11)6-5-7-13(2,3)4/h6H,1-4H3,(H,9,10,11). The summed E-state index contributed by atoms with van der Waals surface area (Å²) in [6.45, 7) is 7.47. The first-order valence-corrected chi connectivity index (χ1v) is 8.74. The average molecular weight is 218 g/mol. The van der Waals surface area contributed by atoms with Gasteiger partial charge in [0.2, 0.25) is 0 Å². The Hall–Kier alpha value is -0.573. The van der Waals surface area contributed by atoms with Gasteiger partial charge in [0.25, 0.3) is 10.1 Å². The largest absolute Gasteiger partial charge is 0.290 e. The van der Waals surface area contributed by atoms with Crippen molar-refractivity contribution in [1.29, 1.82) is 0 Å². The van der Waals surface area contributed by atoms with Crippen molar-refractivity contribution in [2.45, 2.75) is 26.6 Å². The molecule has 0 saturated heterocycles. The SMILES string of the molecule is CC(=CC#C[Si](C)(C)C)S(=O)(=O)O. The lowest BCUT2D eigenvalue weighted by molar-refractivity contribution is 0.491. The zero-order valence-electron chi connectivity index (χ0n) is 8.25. The Balaban J connectivity index is 4.72. The summed E-state index contributed by atoms with van der Waals surface area (Å²) in [5, 5.41) is 0. The molecule has 0 fully saturated rings. The molecule has 0 saturated carbocycles. The van der Waals surface area contributed by atoms with E-state index < -0.39 is 18.2 Å². The maximum atomic E-state index is 10.5. The molecule has 3 nitrogen and oxygen atoms in total. The Morgan fingerprint density at radius 1 is 1.38 bits per heavy atom. The minimum absolute atomic E-state index is 0.113. The summed E-state index contributed by atoms with van der Waals surface area (Å²) in [4.78, 5) is -0.113. The zero-order chi connectivity index (χ0) is 10.7. The van der Waals surface area contributed by atoms with Crippen molar-refractivity contribution in [3.8, 4) is 11.5 Å². The maximum absolute atomic E-state index is 10.5. The molecule has 0 atom stereocenters. The Kier molecular flexibility index (Phi) is 3.91. The van der Waals surface area contributed by atoms with Crippen LogP contribution >= 0.6 is 0 Å². The van der Waals surface area contributed by atoms with Gasteiger partial charge in [-0.05, 0) is 6.92 Å². The van der Waals surface area contributed by atoms with Crippen LogP contribution in [0.25, 0.3) is 0 Å². The quantitative estimate of drug-likeness (QED) is 0.414. The van der Waals surface area contributed by atoms with Gasteiger partial charge in [-0.1, -0.05) is 25.6 Å². The van der Waals surface area contributed by atoms with Crippen LogP contribution in [0.15, 0.2) is 11.0 Å². The van der Waals surface area contributed by atoms with Gasteiger partial charge in [0, 0.05) is 6.08 Å². The third-order valence-electron chi connectivity index (χ3n) is 1.13. The highest BCUT2D eigenvalue weighted by atomic mass is 32.2. The van der Waals surface area contributed by atoms with Crippen LogP contribution in [-0.2, 0) is 10.1 Å². The lowest BCUT2D eigenvalue weighted by atomic mass is 10.5. The van der Waals surface area contributed by atoms with Crippen LogP contribution in [0.2, 0.25) is 19.6 Å². The van der Waals surface area contributed by atoms with E-state index in [0.717, 1.165) is 0 Å². The maximum Gasteiger partial charge on any atom is 0.290 e. The lowest BCUT2D eigenvalue weighted by Gasteiger charge is -2.02. The second-order valence-corrected chi connectivity index (χ2v) is 10.1. The second-order valence-electron chi connectivity index (χ2n) is 3.75. The van der Waals surface area contributed by atoms with Crippen LogP contribution in [-0.4, -0.2) is 21.0 Å². The van der Waals surface area contributed by atoms with Gasteiger partial charge in [0.1, 0.15) is 8.07 Å². The van der Waals surface area contributed by atoms with E-state index in [2.05, 4.69) is 31.1 Å². The van der Waals surface area contributed by atoms with E-state index in [9.17, 15) is 8.42 Å². The summed E-state index contributed by atoms with van der Waals surface area (Å²) in [5.41, 5.74) is 2.96. The Morgan fingerprint density at radius 3 is 2.15 bits per heavy atom. The predicted molar refractivity (Wildman–Crippen MR) is 56.4 cm³/mol. The molecule has 0 rings (SSSR count). The molecular weight excluding hydrogens is 204 g/mol. The van der Waals surface area contributed by atoms with Gasteiger partial charge in [-0.25, -0.2) is 0 Å². The molecule has 0 amide bonds. The second kappa shape index (κ2) is 4.09. The van der Waals surface area contributed by atoms with Crippen molar-refractivity contribution in [2.75, 3.05) is 0 Å². The Labute approximate surface area is 80.6 Å². The molecule has 0 heterocycles. The van der Waals surface area contributed by atoms with Crippen LogP contribution in [0, 0.1) is 11.5 Å². The first-order chi connectivity index (χ1) is 5.63. The van der Waals surface area contributed by atoms with E-state index in [1.54, 1.807) is 0 Å². The van der Waals surface area contributed by atoms with Gasteiger partial charge >= 0.3 is 0 Å². The van der Waals surface area contributed by atoms with Crippen molar-refractivity contribution >= 4 is 18.2 Å². The summed E-state index contributed by atoms with van der Waals surface area (Å²) in [7, 11) is -5.51. The highest BCUT2D eigenvalue weighted by molar-refractivity contribution is 7.89. The molecule has 0 bridgehead atoms. The lowest BCUT2D eigenvalue weighted by Crippen LogP contribution is -2.16. The molecule has 0 aromatic heterocycles. The van der Waals surface area contributed by atoms with Gasteiger partial charge in [-0.15, -0.1) is 5.54 Å². The number of hydrogen-bond acceptors (Lipinski definition) is 2. The summed E-state index contributed by atoms with van der Waals surface area (Å²) in [5.74, 6) is 2.64. The summed E-state index contributed by atoms with van der Waals surface area (Å²) in [6, 6.07) is 0. The molecule has 0 spiro atoms. The molecule has 1 N–H and O–H groups in total. The van der Waals surface area contributed by atoms with Crippen LogP contribution in [0.3, 0.4) is 0 Å². The third kappa shape index (κ3) is 6.58. The van der Waals surface area contributed by atoms with E-state index in [-0.39, 0.29) is 4.91 Å². The molecule has 0 unspecified atom stereocenters. The molecule has 0 aliphatic heterocycles. The fourth-order valence-corrected chi connectivity index (χ4v) is 1.14. The topological polar surface area (TPSA) is 54.4 Å². The molecule has 74 valence electrons. The summed E-state index contributed by atoms with van der Waals surface area (Å²) >= 11 is 0. The van der Waals surface area contributed by atoms with Crippen molar-refractivity contribution in [1.82, 2.24) is 0 Å². The van der Waals surface area contributed by atoms with Crippen molar-refractivity contribution in [2.24, 2.45) is 0 Å². The minimum Gasteiger partial charge on any atom is -0.282 e. The van der Waals surface area contributed by atoms with E-state index >= 15 is 0 Å². The van der Waals surface area contributed by atoms with E-state index in [1.165, 1.54) is 13.0 Å². The fraction of sp³-hybridized carbons (Fsp3) is 0.500. The van der Waals surface area contributed by atoms with Crippen molar-refractivity contribution < 1.29 is 13.0 Å². The molecule has 0 aliphatic carbocycles. The fourth-order valence-electron chi connectivity index (χ4n) is 0.429.